The van der Waals surface area contributed by atoms with Crippen molar-refractivity contribution < 1.29 is 4.74 Å². The number of aryl methyl sites for hydroxylation is 1. The minimum atomic E-state index is 0.612. The summed E-state index contributed by atoms with van der Waals surface area (Å²) in [4.78, 5) is 5.34. The lowest BCUT2D eigenvalue weighted by molar-refractivity contribution is 0.201. The number of nitrogens with zero attached hydrogens (tertiary/aromatic N) is 2. The van der Waals surface area contributed by atoms with Gasteiger partial charge in [0.15, 0.2) is 0 Å². The quantitative estimate of drug-likeness (QED) is 0.189. The van der Waals surface area contributed by atoms with Gasteiger partial charge in [-0.3, -0.25) is 4.90 Å². The summed E-state index contributed by atoms with van der Waals surface area (Å²) >= 11 is 0. The van der Waals surface area contributed by atoms with Gasteiger partial charge in [0.1, 0.15) is 12.4 Å². The zero-order chi connectivity index (χ0) is 26.4. The van der Waals surface area contributed by atoms with Gasteiger partial charge in [-0.05, 0) is 66.6 Å². The molecule has 3 nitrogen and oxygen atoms in total. The van der Waals surface area contributed by atoms with Crippen molar-refractivity contribution in [2.24, 2.45) is 0 Å². The summed E-state index contributed by atoms with van der Waals surface area (Å²) in [6.45, 7) is 9.70. The Morgan fingerprint density at radius 3 is 2.05 bits per heavy atom. The summed E-state index contributed by atoms with van der Waals surface area (Å²) in [6.07, 6.45) is 11.6. The maximum absolute atomic E-state index is 6.07. The first-order chi connectivity index (χ1) is 18.7. The van der Waals surface area contributed by atoms with Crippen LogP contribution in [0.5, 0.6) is 5.75 Å². The maximum Gasteiger partial charge on any atom is 0.119 e. The molecule has 3 aromatic rings. The Kier molecular flexibility index (Phi) is 11.6. The van der Waals surface area contributed by atoms with Gasteiger partial charge in [-0.25, -0.2) is 0 Å². The molecule has 0 amide bonds. The Morgan fingerprint density at radius 2 is 1.37 bits per heavy atom. The van der Waals surface area contributed by atoms with Crippen LogP contribution in [0.1, 0.15) is 81.9 Å². The van der Waals surface area contributed by atoms with Crippen LogP contribution in [0.3, 0.4) is 0 Å². The maximum atomic E-state index is 6.07. The molecule has 0 aliphatic carbocycles. The predicted octanol–water partition coefficient (Wildman–Crippen LogP) is 8.66. The van der Waals surface area contributed by atoms with E-state index in [9.17, 15) is 0 Å². The molecule has 1 fully saturated rings. The number of likely N-dealkylation sites (tertiary alicyclic amines) is 1. The number of ether oxygens (including phenoxy) is 1. The number of benzene rings is 3. The van der Waals surface area contributed by atoms with Gasteiger partial charge >= 0.3 is 0 Å². The van der Waals surface area contributed by atoms with Gasteiger partial charge < -0.3 is 9.64 Å². The highest BCUT2D eigenvalue weighted by Gasteiger charge is 2.25. The minimum Gasteiger partial charge on any atom is -0.489 e. The third-order valence-electron chi connectivity index (χ3n) is 8.00. The Bertz CT molecular complexity index is 1020. The van der Waals surface area contributed by atoms with Crippen LogP contribution in [0.4, 0.5) is 5.69 Å². The summed E-state index contributed by atoms with van der Waals surface area (Å²) in [5.41, 5.74) is 5.42. The Morgan fingerprint density at radius 1 is 0.711 bits per heavy atom. The van der Waals surface area contributed by atoms with Gasteiger partial charge in [0, 0.05) is 37.9 Å². The second-order valence-electron chi connectivity index (χ2n) is 10.9. The molecule has 4 rings (SSSR count). The van der Waals surface area contributed by atoms with Gasteiger partial charge in [-0.2, -0.15) is 0 Å². The van der Waals surface area contributed by atoms with Gasteiger partial charge in [0.05, 0.1) is 0 Å². The summed E-state index contributed by atoms with van der Waals surface area (Å²) < 4.78 is 6.07. The van der Waals surface area contributed by atoms with Crippen LogP contribution in [-0.4, -0.2) is 30.6 Å². The molecule has 0 unspecified atom stereocenters. The molecule has 0 spiro atoms. The molecular formula is C35H48N2O. The Hall–Kier alpha value is -2.78. The highest BCUT2D eigenvalue weighted by molar-refractivity contribution is 5.50. The van der Waals surface area contributed by atoms with Gasteiger partial charge in [-0.15, -0.1) is 0 Å². The Labute approximate surface area is 231 Å². The van der Waals surface area contributed by atoms with Crippen molar-refractivity contribution in [1.82, 2.24) is 4.90 Å². The molecule has 0 aromatic heterocycles. The zero-order valence-electron chi connectivity index (χ0n) is 23.8. The van der Waals surface area contributed by atoms with Crippen LogP contribution in [0.2, 0.25) is 0 Å². The number of rotatable bonds is 15. The van der Waals surface area contributed by atoms with Crippen LogP contribution in [0, 0.1) is 0 Å². The standard InChI is InChI=1S/C35H48N2O/c1-3-5-6-7-8-12-25-37(33-19-21-35(22-20-33)38-29-32-13-10-9-11-14-32)34-23-26-36(27-24-34)28-31-17-15-30(4-2)16-18-31/h9-11,13-22,34H,3-8,12,23-29H2,1-2H3. The number of unbranched alkanes of at least 4 members (excludes halogenated alkanes) is 5. The van der Waals surface area contributed by atoms with E-state index in [-0.39, 0.29) is 0 Å². The van der Waals surface area contributed by atoms with Crippen molar-refractivity contribution in [3.63, 3.8) is 0 Å². The van der Waals surface area contributed by atoms with E-state index in [1.54, 1.807) is 0 Å². The molecule has 38 heavy (non-hydrogen) atoms. The van der Waals surface area contributed by atoms with E-state index >= 15 is 0 Å². The normalized spacial score (nSPS) is 14.5. The fraction of sp³-hybridized carbons (Fsp3) is 0.486. The van der Waals surface area contributed by atoms with E-state index in [2.05, 4.69) is 96.4 Å². The summed E-state index contributed by atoms with van der Waals surface area (Å²) in [5.74, 6) is 0.945. The van der Waals surface area contributed by atoms with Crippen LogP contribution in [0.25, 0.3) is 0 Å². The largest absolute Gasteiger partial charge is 0.489 e. The van der Waals surface area contributed by atoms with E-state index in [1.807, 2.05) is 6.07 Å². The molecule has 1 saturated heterocycles. The lowest BCUT2D eigenvalue weighted by Crippen LogP contribution is -2.45. The van der Waals surface area contributed by atoms with Gasteiger partial charge in [0.2, 0.25) is 0 Å². The molecular weight excluding hydrogens is 464 g/mol. The number of hydrogen-bond acceptors (Lipinski definition) is 3. The lowest BCUT2D eigenvalue weighted by atomic mass is 10.0. The van der Waals surface area contributed by atoms with Crippen molar-refractivity contribution in [2.75, 3.05) is 24.5 Å². The number of anilines is 1. The number of hydrogen-bond donors (Lipinski definition) is 0. The molecule has 1 aliphatic rings. The SMILES string of the molecule is CCCCCCCCN(c1ccc(OCc2ccccc2)cc1)C1CCN(Cc2ccc(CC)cc2)CC1. The first-order valence-electron chi connectivity index (χ1n) is 15.1. The monoisotopic (exact) mass is 512 g/mol. The topological polar surface area (TPSA) is 15.7 Å². The molecule has 0 bridgehead atoms. The fourth-order valence-electron chi connectivity index (χ4n) is 5.59. The fourth-order valence-corrected chi connectivity index (χ4v) is 5.59. The van der Waals surface area contributed by atoms with Crippen LogP contribution in [0.15, 0.2) is 78.9 Å². The van der Waals surface area contributed by atoms with E-state index in [1.165, 1.54) is 86.8 Å². The summed E-state index contributed by atoms with van der Waals surface area (Å²) in [6, 6.07) is 29.1. The van der Waals surface area contributed by atoms with Gasteiger partial charge in [0.25, 0.3) is 0 Å². The van der Waals surface area contributed by atoms with Crippen LogP contribution in [-0.2, 0) is 19.6 Å². The molecule has 0 N–H and O–H groups in total. The zero-order valence-corrected chi connectivity index (χ0v) is 23.8. The molecule has 0 atom stereocenters. The molecule has 0 saturated carbocycles. The molecule has 0 radical (unpaired) electrons. The highest BCUT2D eigenvalue weighted by atomic mass is 16.5. The summed E-state index contributed by atoms with van der Waals surface area (Å²) in [7, 11) is 0. The predicted molar refractivity (Wildman–Crippen MR) is 162 cm³/mol. The van der Waals surface area contributed by atoms with Crippen molar-refractivity contribution in [3.8, 4) is 5.75 Å². The van der Waals surface area contributed by atoms with E-state index < -0.39 is 0 Å². The molecule has 3 heteroatoms. The second-order valence-corrected chi connectivity index (χ2v) is 10.9. The van der Waals surface area contributed by atoms with Crippen molar-refractivity contribution >= 4 is 5.69 Å². The van der Waals surface area contributed by atoms with Crippen molar-refractivity contribution in [1.29, 1.82) is 0 Å². The average molecular weight is 513 g/mol. The third-order valence-corrected chi connectivity index (χ3v) is 8.00. The second kappa shape index (κ2) is 15.6. The third kappa shape index (κ3) is 8.91. The average Bonchev–Trinajstić information content (AvgIpc) is 2.98. The molecule has 3 aromatic carbocycles. The highest BCUT2D eigenvalue weighted by Crippen LogP contribution is 2.27. The first kappa shape index (κ1) is 28.2. The molecule has 1 heterocycles. The van der Waals surface area contributed by atoms with E-state index in [0.29, 0.717) is 12.6 Å². The minimum absolute atomic E-state index is 0.612. The number of piperidine rings is 1. The summed E-state index contributed by atoms with van der Waals surface area (Å²) in [5, 5.41) is 0. The first-order valence-corrected chi connectivity index (χ1v) is 15.1. The van der Waals surface area contributed by atoms with Crippen LogP contribution >= 0.6 is 0 Å². The Balaban J connectivity index is 1.33. The van der Waals surface area contributed by atoms with E-state index in [4.69, 9.17) is 4.74 Å². The van der Waals surface area contributed by atoms with E-state index in [0.717, 1.165) is 25.3 Å². The van der Waals surface area contributed by atoms with Gasteiger partial charge in [-0.1, -0.05) is 101 Å². The van der Waals surface area contributed by atoms with Crippen molar-refractivity contribution in [2.45, 2.75) is 90.8 Å². The molecule has 204 valence electrons. The lowest BCUT2D eigenvalue weighted by Gasteiger charge is -2.40. The van der Waals surface area contributed by atoms with Crippen LogP contribution < -0.4 is 9.64 Å². The molecule has 1 aliphatic heterocycles. The smallest absolute Gasteiger partial charge is 0.119 e. The van der Waals surface area contributed by atoms with Crippen molar-refractivity contribution in [3.05, 3.63) is 95.6 Å².